The molecule has 0 saturated heterocycles. The van der Waals surface area contributed by atoms with E-state index in [2.05, 4.69) is 5.32 Å². The van der Waals surface area contributed by atoms with Gasteiger partial charge in [0.15, 0.2) is 0 Å². The van der Waals surface area contributed by atoms with Crippen LogP contribution in [0, 0.1) is 0 Å². The van der Waals surface area contributed by atoms with Crippen LogP contribution in [0.4, 0.5) is 0 Å². The van der Waals surface area contributed by atoms with E-state index in [0.717, 1.165) is 6.42 Å². The summed E-state index contributed by atoms with van der Waals surface area (Å²) in [6, 6.07) is 7.26. The summed E-state index contributed by atoms with van der Waals surface area (Å²) >= 11 is 0. The van der Waals surface area contributed by atoms with Gasteiger partial charge in [0, 0.05) is 18.2 Å². The molecule has 5 heteroatoms. The van der Waals surface area contributed by atoms with Gasteiger partial charge in [0.1, 0.15) is 5.75 Å². The van der Waals surface area contributed by atoms with Crippen LogP contribution in [0.25, 0.3) is 0 Å². The Morgan fingerprint density at radius 2 is 2.22 bits per heavy atom. The molecular formula is C13H21ClN2O2. The van der Waals surface area contributed by atoms with Gasteiger partial charge in [-0.2, -0.15) is 0 Å². The van der Waals surface area contributed by atoms with Crippen molar-refractivity contribution in [3.05, 3.63) is 29.8 Å². The third-order valence-electron chi connectivity index (χ3n) is 2.29. The molecule has 1 aromatic rings. The lowest BCUT2D eigenvalue weighted by Gasteiger charge is -2.08. The van der Waals surface area contributed by atoms with E-state index < -0.39 is 0 Å². The molecule has 0 saturated carbocycles. The molecule has 1 unspecified atom stereocenters. The van der Waals surface area contributed by atoms with Crippen LogP contribution in [-0.2, 0) is 0 Å². The number of nitrogens with one attached hydrogen (secondary N) is 1. The van der Waals surface area contributed by atoms with Crippen molar-refractivity contribution in [3.8, 4) is 5.75 Å². The van der Waals surface area contributed by atoms with Gasteiger partial charge >= 0.3 is 0 Å². The van der Waals surface area contributed by atoms with E-state index in [1.165, 1.54) is 0 Å². The molecule has 3 N–H and O–H groups in total. The van der Waals surface area contributed by atoms with Crippen molar-refractivity contribution in [2.75, 3.05) is 13.2 Å². The van der Waals surface area contributed by atoms with E-state index >= 15 is 0 Å². The van der Waals surface area contributed by atoms with Gasteiger partial charge in [0.25, 0.3) is 5.91 Å². The predicted octanol–water partition coefficient (Wildman–Crippen LogP) is 1.97. The molecule has 18 heavy (non-hydrogen) atoms. The molecule has 0 bridgehead atoms. The van der Waals surface area contributed by atoms with Crippen molar-refractivity contribution in [3.63, 3.8) is 0 Å². The normalized spacial score (nSPS) is 11.3. The molecule has 0 aliphatic carbocycles. The minimum absolute atomic E-state index is 0. The van der Waals surface area contributed by atoms with Crippen LogP contribution < -0.4 is 15.8 Å². The summed E-state index contributed by atoms with van der Waals surface area (Å²) in [6.45, 7) is 5.02. The van der Waals surface area contributed by atoms with Crippen LogP contribution in [0.2, 0.25) is 0 Å². The Bertz CT molecular complexity index is 370. The van der Waals surface area contributed by atoms with Crippen molar-refractivity contribution in [1.29, 1.82) is 0 Å². The number of benzene rings is 1. The van der Waals surface area contributed by atoms with Crippen LogP contribution in [-0.4, -0.2) is 25.1 Å². The highest BCUT2D eigenvalue weighted by atomic mass is 35.5. The van der Waals surface area contributed by atoms with Gasteiger partial charge in [0.2, 0.25) is 0 Å². The molecule has 4 nitrogen and oxygen atoms in total. The summed E-state index contributed by atoms with van der Waals surface area (Å²) < 4.78 is 5.34. The molecule has 0 aliphatic heterocycles. The molecular weight excluding hydrogens is 252 g/mol. The quantitative estimate of drug-likeness (QED) is 0.832. The Morgan fingerprint density at radius 3 is 2.83 bits per heavy atom. The minimum atomic E-state index is -0.0906. The highest BCUT2D eigenvalue weighted by Gasteiger charge is 2.06. The fourth-order valence-corrected chi connectivity index (χ4v) is 1.41. The van der Waals surface area contributed by atoms with Crippen LogP contribution in [0.15, 0.2) is 24.3 Å². The van der Waals surface area contributed by atoms with E-state index in [0.29, 0.717) is 24.5 Å². The molecule has 102 valence electrons. The number of ether oxygens (including phenoxy) is 1. The zero-order chi connectivity index (χ0) is 12.7. The number of hydrogen-bond donors (Lipinski definition) is 2. The number of carbonyl (C=O) groups excluding carboxylic acids is 1. The van der Waals surface area contributed by atoms with E-state index in [4.69, 9.17) is 10.5 Å². The van der Waals surface area contributed by atoms with Gasteiger partial charge in [0.05, 0.1) is 6.61 Å². The topological polar surface area (TPSA) is 64.3 Å². The molecule has 0 aromatic heterocycles. The van der Waals surface area contributed by atoms with Crippen molar-refractivity contribution < 1.29 is 9.53 Å². The number of rotatable bonds is 6. The average molecular weight is 273 g/mol. The second kappa shape index (κ2) is 8.78. The smallest absolute Gasteiger partial charge is 0.251 e. The Labute approximate surface area is 114 Å². The second-order valence-electron chi connectivity index (χ2n) is 3.98. The van der Waals surface area contributed by atoms with Gasteiger partial charge in [-0.25, -0.2) is 0 Å². The maximum atomic E-state index is 11.8. The van der Waals surface area contributed by atoms with Crippen LogP contribution in [0.1, 0.15) is 30.6 Å². The molecule has 1 atom stereocenters. The number of carbonyl (C=O) groups is 1. The van der Waals surface area contributed by atoms with Crippen LogP contribution in [0.3, 0.4) is 0 Å². The predicted molar refractivity (Wildman–Crippen MR) is 75.5 cm³/mol. The van der Waals surface area contributed by atoms with E-state index in [1.807, 2.05) is 26.0 Å². The van der Waals surface area contributed by atoms with Crippen molar-refractivity contribution in [2.24, 2.45) is 5.73 Å². The maximum absolute atomic E-state index is 11.8. The lowest BCUT2D eigenvalue weighted by molar-refractivity contribution is 0.0952. The summed E-state index contributed by atoms with van der Waals surface area (Å²) in [5.41, 5.74) is 6.22. The molecule has 1 amide bonds. The molecule has 1 aromatic carbocycles. The fourth-order valence-electron chi connectivity index (χ4n) is 1.41. The molecule has 0 radical (unpaired) electrons. The summed E-state index contributed by atoms with van der Waals surface area (Å²) in [7, 11) is 0. The Kier molecular flexibility index (Phi) is 8.16. The lowest BCUT2D eigenvalue weighted by Crippen LogP contribution is -2.28. The van der Waals surface area contributed by atoms with Crippen molar-refractivity contribution in [1.82, 2.24) is 5.32 Å². The summed E-state index contributed by atoms with van der Waals surface area (Å²) in [5.74, 6) is 0.625. The summed E-state index contributed by atoms with van der Waals surface area (Å²) in [5, 5.41) is 2.83. The fraction of sp³-hybridized carbons (Fsp3) is 0.462. The van der Waals surface area contributed by atoms with Gasteiger partial charge in [-0.05, 0) is 38.5 Å². The van der Waals surface area contributed by atoms with Gasteiger partial charge in [-0.15, -0.1) is 12.4 Å². The van der Waals surface area contributed by atoms with Crippen molar-refractivity contribution in [2.45, 2.75) is 26.3 Å². The van der Waals surface area contributed by atoms with E-state index in [9.17, 15) is 4.79 Å². The van der Waals surface area contributed by atoms with Crippen LogP contribution in [0.5, 0.6) is 5.75 Å². The first-order valence-electron chi connectivity index (χ1n) is 5.90. The van der Waals surface area contributed by atoms with Gasteiger partial charge in [-0.3, -0.25) is 4.79 Å². The first kappa shape index (κ1) is 16.7. The number of amides is 1. The number of halogens is 1. The van der Waals surface area contributed by atoms with Crippen molar-refractivity contribution >= 4 is 18.3 Å². The third kappa shape index (κ3) is 5.89. The first-order valence-corrected chi connectivity index (χ1v) is 5.90. The average Bonchev–Trinajstić information content (AvgIpc) is 2.29. The molecule has 0 spiro atoms. The van der Waals surface area contributed by atoms with E-state index in [-0.39, 0.29) is 24.4 Å². The summed E-state index contributed by atoms with van der Waals surface area (Å²) in [4.78, 5) is 11.8. The van der Waals surface area contributed by atoms with Gasteiger partial charge in [-0.1, -0.05) is 6.07 Å². The Balaban J connectivity index is 0.00000289. The summed E-state index contributed by atoms with van der Waals surface area (Å²) in [6.07, 6.45) is 0.775. The third-order valence-corrected chi connectivity index (χ3v) is 2.29. The lowest BCUT2D eigenvalue weighted by atomic mass is 10.2. The van der Waals surface area contributed by atoms with Gasteiger partial charge < -0.3 is 15.8 Å². The van der Waals surface area contributed by atoms with E-state index in [1.54, 1.807) is 12.1 Å². The Hall–Kier alpha value is -1.26. The zero-order valence-corrected chi connectivity index (χ0v) is 11.6. The zero-order valence-electron chi connectivity index (χ0n) is 10.8. The highest BCUT2D eigenvalue weighted by Crippen LogP contribution is 2.13. The SMILES string of the molecule is CCOc1cccc(C(=O)NCCC(C)N)c1.Cl. The molecule has 0 fully saturated rings. The molecule has 0 heterocycles. The number of hydrogen-bond acceptors (Lipinski definition) is 3. The first-order chi connectivity index (χ1) is 8.13. The Morgan fingerprint density at radius 1 is 1.50 bits per heavy atom. The largest absolute Gasteiger partial charge is 0.494 e. The standard InChI is InChI=1S/C13H20N2O2.ClH/c1-3-17-12-6-4-5-11(9-12)13(16)15-8-7-10(2)14;/h4-6,9-10H,3,7-8,14H2,1-2H3,(H,15,16);1H. The number of nitrogens with two attached hydrogens (primary N) is 1. The maximum Gasteiger partial charge on any atom is 0.251 e. The molecule has 1 rings (SSSR count). The van der Waals surface area contributed by atoms with Crippen LogP contribution >= 0.6 is 12.4 Å². The highest BCUT2D eigenvalue weighted by molar-refractivity contribution is 5.94. The monoisotopic (exact) mass is 272 g/mol. The molecule has 0 aliphatic rings. The minimum Gasteiger partial charge on any atom is -0.494 e. The second-order valence-corrected chi connectivity index (χ2v) is 3.98.